The number of aromatic nitrogens is 2. The van der Waals surface area contributed by atoms with E-state index in [1.807, 2.05) is 0 Å². The molecular formula is C10H8ClN4O2S-. The SMILES string of the molecule is Nc1ccc(S(=O)(=O)[N-]c2cnc(Cl)cn2)cc1. The maximum absolute atomic E-state index is 11.9. The number of nitrogens with zero attached hydrogens (tertiary/aromatic N) is 3. The zero-order chi connectivity index (χ0) is 13.2. The third-order valence-corrected chi connectivity index (χ3v) is 3.49. The molecule has 1 aromatic heterocycles. The van der Waals surface area contributed by atoms with Gasteiger partial charge in [-0.2, -0.15) is 0 Å². The molecular weight excluding hydrogens is 276 g/mol. The summed E-state index contributed by atoms with van der Waals surface area (Å²) in [5, 5.41) is 0.166. The monoisotopic (exact) mass is 283 g/mol. The Morgan fingerprint density at radius 3 is 2.33 bits per heavy atom. The van der Waals surface area contributed by atoms with Gasteiger partial charge < -0.3 is 15.4 Å². The summed E-state index contributed by atoms with van der Waals surface area (Å²) >= 11 is 5.54. The normalized spacial score (nSPS) is 11.2. The van der Waals surface area contributed by atoms with Crippen molar-refractivity contribution in [3.8, 4) is 0 Å². The average molecular weight is 284 g/mol. The molecule has 0 aliphatic heterocycles. The van der Waals surface area contributed by atoms with Crippen molar-refractivity contribution in [3.63, 3.8) is 0 Å². The van der Waals surface area contributed by atoms with Gasteiger partial charge in [0.15, 0.2) is 0 Å². The van der Waals surface area contributed by atoms with Crippen molar-refractivity contribution in [1.29, 1.82) is 0 Å². The molecule has 0 bridgehead atoms. The first-order chi connectivity index (χ1) is 8.47. The summed E-state index contributed by atoms with van der Waals surface area (Å²) in [5.74, 6) is -0.0313. The van der Waals surface area contributed by atoms with Crippen molar-refractivity contribution < 1.29 is 8.42 Å². The molecule has 2 rings (SSSR count). The van der Waals surface area contributed by atoms with Gasteiger partial charge in [-0.05, 0) is 36.3 Å². The molecule has 0 fully saturated rings. The Balaban J connectivity index is 2.27. The highest BCUT2D eigenvalue weighted by atomic mass is 35.5. The minimum Gasteiger partial charge on any atom is -0.438 e. The lowest BCUT2D eigenvalue weighted by molar-refractivity contribution is 0.603. The number of rotatable bonds is 3. The third-order valence-electron chi connectivity index (χ3n) is 2.00. The molecule has 0 spiro atoms. The predicted octanol–water partition coefficient (Wildman–Crippen LogP) is 2.11. The van der Waals surface area contributed by atoms with Crippen molar-refractivity contribution >= 4 is 33.1 Å². The number of benzene rings is 1. The third kappa shape index (κ3) is 2.88. The first kappa shape index (κ1) is 12.6. The lowest BCUT2D eigenvalue weighted by Crippen LogP contribution is -1.99. The smallest absolute Gasteiger partial charge is 0.202 e. The molecule has 0 saturated carbocycles. The van der Waals surface area contributed by atoms with Gasteiger partial charge in [0, 0.05) is 11.9 Å². The highest BCUT2D eigenvalue weighted by molar-refractivity contribution is 7.94. The number of hydrogen-bond acceptors (Lipinski definition) is 5. The Morgan fingerprint density at radius 2 is 1.78 bits per heavy atom. The molecule has 2 N–H and O–H groups in total. The Bertz CT molecular complexity index is 641. The van der Waals surface area contributed by atoms with Crippen LogP contribution in [0.1, 0.15) is 0 Å². The fourth-order valence-corrected chi connectivity index (χ4v) is 2.19. The second-order valence-electron chi connectivity index (χ2n) is 3.33. The van der Waals surface area contributed by atoms with Crippen molar-refractivity contribution in [2.45, 2.75) is 4.90 Å². The molecule has 0 radical (unpaired) electrons. The minimum atomic E-state index is -3.82. The largest absolute Gasteiger partial charge is 0.438 e. The molecule has 1 heterocycles. The van der Waals surface area contributed by atoms with Crippen LogP contribution in [0.3, 0.4) is 0 Å². The van der Waals surface area contributed by atoms with Gasteiger partial charge in [0.05, 0.1) is 4.90 Å². The molecule has 1 aromatic carbocycles. The van der Waals surface area contributed by atoms with Crippen LogP contribution in [0, 0.1) is 0 Å². The van der Waals surface area contributed by atoms with Crippen LogP contribution in [0.25, 0.3) is 4.72 Å². The standard InChI is InChI=1S/C10H8ClN4O2S/c11-9-5-14-10(6-13-9)15-18(16,17)8-3-1-7(12)2-4-8/h1-6H,12H2/q-1. The average Bonchev–Trinajstić information content (AvgIpc) is 2.32. The van der Waals surface area contributed by atoms with E-state index in [0.29, 0.717) is 5.69 Å². The van der Waals surface area contributed by atoms with Crippen LogP contribution in [0.5, 0.6) is 0 Å². The van der Waals surface area contributed by atoms with Crippen LogP contribution >= 0.6 is 11.6 Å². The fourth-order valence-electron chi connectivity index (χ4n) is 1.17. The summed E-state index contributed by atoms with van der Waals surface area (Å²) in [4.78, 5) is 7.47. The van der Waals surface area contributed by atoms with Gasteiger partial charge in [0.2, 0.25) is 10.0 Å². The van der Waals surface area contributed by atoms with Crippen molar-refractivity contribution in [2.75, 3.05) is 5.73 Å². The van der Waals surface area contributed by atoms with E-state index in [1.54, 1.807) is 0 Å². The van der Waals surface area contributed by atoms with E-state index in [4.69, 9.17) is 17.3 Å². The van der Waals surface area contributed by atoms with Crippen LogP contribution in [-0.2, 0) is 10.0 Å². The van der Waals surface area contributed by atoms with Crippen molar-refractivity contribution in [3.05, 3.63) is 46.5 Å². The fraction of sp³-hybridized carbons (Fsp3) is 0. The van der Waals surface area contributed by atoms with E-state index in [0.717, 1.165) is 0 Å². The van der Waals surface area contributed by atoms with Gasteiger partial charge in [-0.1, -0.05) is 11.6 Å². The zero-order valence-electron chi connectivity index (χ0n) is 8.99. The zero-order valence-corrected chi connectivity index (χ0v) is 10.6. The molecule has 18 heavy (non-hydrogen) atoms. The molecule has 0 aliphatic rings. The maximum Gasteiger partial charge on any atom is 0.202 e. The van der Waals surface area contributed by atoms with Gasteiger partial charge >= 0.3 is 0 Å². The summed E-state index contributed by atoms with van der Waals surface area (Å²) < 4.78 is 27.3. The van der Waals surface area contributed by atoms with E-state index in [1.165, 1.54) is 36.7 Å². The number of nitrogen functional groups attached to an aromatic ring is 1. The summed E-state index contributed by atoms with van der Waals surface area (Å²) in [5.41, 5.74) is 5.95. The Hall–Kier alpha value is -1.86. The minimum absolute atomic E-state index is 0.0313. The van der Waals surface area contributed by atoms with E-state index in [9.17, 15) is 8.42 Å². The quantitative estimate of drug-likeness (QED) is 0.870. The molecule has 0 unspecified atom stereocenters. The molecule has 0 saturated heterocycles. The molecule has 94 valence electrons. The highest BCUT2D eigenvalue weighted by Crippen LogP contribution is 2.25. The topological polar surface area (TPSA) is 100 Å². The maximum atomic E-state index is 11.9. The summed E-state index contributed by atoms with van der Waals surface area (Å²) in [6, 6.07) is 5.71. The van der Waals surface area contributed by atoms with Gasteiger partial charge in [-0.3, -0.25) is 0 Å². The van der Waals surface area contributed by atoms with E-state index in [-0.39, 0.29) is 15.9 Å². The number of sulfonamides is 1. The lowest BCUT2D eigenvalue weighted by Gasteiger charge is -2.14. The number of hydrogen-bond donors (Lipinski definition) is 1. The van der Waals surface area contributed by atoms with E-state index < -0.39 is 10.0 Å². The molecule has 6 nitrogen and oxygen atoms in total. The van der Waals surface area contributed by atoms with Crippen LogP contribution < -0.4 is 5.73 Å². The van der Waals surface area contributed by atoms with E-state index in [2.05, 4.69) is 14.7 Å². The van der Waals surface area contributed by atoms with Gasteiger partial charge in [-0.15, -0.1) is 0 Å². The Kier molecular flexibility index (Phi) is 3.35. The number of nitrogens with two attached hydrogens (primary N) is 1. The molecule has 0 aliphatic carbocycles. The van der Waals surface area contributed by atoms with Gasteiger partial charge in [0.1, 0.15) is 5.15 Å². The Labute approximate surface area is 109 Å². The van der Waals surface area contributed by atoms with Crippen molar-refractivity contribution in [2.24, 2.45) is 0 Å². The summed E-state index contributed by atoms with van der Waals surface area (Å²) in [6.45, 7) is 0. The van der Waals surface area contributed by atoms with Crippen LogP contribution in [0.15, 0.2) is 41.6 Å². The van der Waals surface area contributed by atoms with Crippen molar-refractivity contribution in [1.82, 2.24) is 9.97 Å². The second-order valence-corrected chi connectivity index (χ2v) is 5.32. The predicted molar refractivity (Wildman–Crippen MR) is 68.1 cm³/mol. The number of anilines is 1. The van der Waals surface area contributed by atoms with Crippen LogP contribution in [0.4, 0.5) is 11.5 Å². The Morgan fingerprint density at radius 1 is 1.11 bits per heavy atom. The van der Waals surface area contributed by atoms with Gasteiger partial charge in [0.25, 0.3) is 0 Å². The summed E-state index contributed by atoms with van der Waals surface area (Å²) in [7, 11) is -3.82. The summed E-state index contributed by atoms with van der Waals surface area (Å²) in [6.07, 6.45) is 2.40. The molecule has 0 atom stereocenters. The molecule has 8 heteroatoms. The first-order valence-corrected chi connectivity index (χ1v) is 6.60. The molecule has 0 amide bonds. The van der Waals surface area contributed by atoms with Gasteiger partial charge in [-0.25, -0.2) is 13.4 Å². The first-order valence-electron chi connectivity index (χ1n) is 4.78. The lowest BCUT2D eigenvalue weighted by atomic mass is 10.3. The number of halogens is 1. The van der Waals surface area contributed by atoms with E-state index >= 15 is 0 Å². The van der Waals surface area contributed by atoms with Crippen LogP contribution in [0.2, 0.25) is 5.15 Å². The second kappa shape index (κ2) is 4.79. The molecule has 2 aromatic rings. The highest BCUT2D eigenvalue weighted by Gasteiger charge is 2.09. The van der Waals surface area contributed by atoms with Crippen LogP contribution in [-0.4, -0.2) is 18.4 Å².